The number of benzene rings is 1. The summed E-state index contributed by atoms with van der Waals surface area (Å²) < 4.78 is 0. The van der Waals surface area contributed by atoms with Crippen molar-refractivity contribution < 1.29 is 5.11 Å². The highest BCUT2D eigenvalue weighted by atomic mass is 32.2. The smallest absolute Gasteiger partial charge is 0.130 e. The molecule has 1 aromatic heterocycles. The lowest BCUT2D eigenvalue weighted by molar-refractivity contribution is 0.273. The first-order valence-electron chi connectivity index (χ1n) is 6.09. The predicted molar refractivity (Wildman–Crippen MR) is 78.5 cm³/mol. The number of hydrogen-bond acceptors (Lipinski definition) is 5. The maximum absolute atomic E-state index is 9.46. The molecule has 1 atom stereocenters. The fraction of sp³-hybridized carbons (Fsp3) is 0.286. The van der Waals surface area contributed by atoms with Crippen molar-refractivity contribution in [3.05, 3.63) is 48.3 Å². The molecule has 0 aliphatic heterocycles. The monoisotopic (exact) mass is 275 g/mol. The number of rotatable bonds is 6. The minimum atomic E-state index is -0.0491. The second kappa shape index (κ2) is 7.11. The van der Waals surface area contributed by atoms with E-state index in [9.17, 15) is 5.11 Å². The van der Waals surface area contributed by atoms with Crippen molar-refractivity contribution in [2.24, 2.45) is 0 Å². The molecule has 0 spiro atoms. The number of thioether (sulfide) groups is 1. The van der Waals surface area contributed by atoms with E-state index in [-0.39, 0.29) is 12.6 Å². The molecule has 0 radical (unpaired) electrons. The number of anilines is 1. The van der Waals surface area contributed by atoms with Gasteiger partial charge in [0.2, 0.25) is 0 Å². The first kappa shape index (κ1) is 13.8. The Morgan fingerprint density at radius 2 is 2.05 bits per heavy atom. The summed E-state index contributed by atoms with van der Waals surface area (Å²) in [5.41, 5.74) is 1.19. The summed E-state index contributed by atoms with van der Waals surface area (Å²) in [6.45, 7) is 0.0630. The van der Waals surface area contributed by atoms with Crippen LogP contribution < -0.4 is 5.32 Å². The summed E-state index contributed by atoms with van der Waals surface area (Å²) in [7, 11) is 0. The molecule has 19 heavy (non-hydrogen) atoms. The van der Waals surface area contributed by atoms with Crippen molar-refractivity contribution in [1.29, 1.82) is 0 Å². The fourth-order valence-corrected chi connectivity index (χ4v) is 2.18. The van der Waals surface area contributed by atoms with Crippen molar-refractivity contribution >= 4 is 17.6 Å². The number of nitrogens with zero attached hydrogens (tertiary/aromatic N) is 2. The molecule has 2 N–H and O–H groups in total. The summed E-state index contributed by atoms with van der Waals surface area (Å²) in [5, 5.41) is 13.6. The average Bonchev–Trinajstić information content (AvgIpc) is 2.48. The van der Waals surface area contributed by atoms with Gasteiger partial charge in [-0.05, 0) is 18.2 Å². The molecule has 0 fully saturated rings. The third-order valence-corrected chi connectivity index (χ3v) is 3.39. The van der Waals surface area contributed by atoms with Gasteiger partial charge in [0, 0.05) is 6.07 Å². The molecular weight excluding hydrogens is 258 g/mol. The summed E-state index contributed by atoms with van der Waals surface area (Å²) >= 11 is 1.57. The zero-order valence-electron chi connectivity index (χ0n) is 10.8. The fourth-order valence-electron chi connectivity index (χ4n) is 1.80. The van der Waals surface area contributed by atoms with Crippen LogP contribution in [0.25, 0.3) is 0 Å². The number of aliphatic hydroxyl groups is 1. The molecule has 1 heterocycles. The highest BCUT2D eigenvalue weighted by Crippen LogP contribution is 2.15. The van der Waals surface area contributed by atoms with Crippen LogP contribution in [0.15, 0.2) is 47.8 Å². The van der Waals surface area contributed by atoms with Gasteiger partial charge >= 0.3 is 0 Å². The molecule has 0 amide bonds. The van der Waals surface area contributed by atoms with Gasteiger partial charge in [-0.1, -0.05) is 30.3 Å². The second-order valence-corrected chi connectivity index (χ2v) is 4.99. The summed E-state index contributed by atoms with van der Waals surface area (Å²) in [6, 6.07) is 11.9. The zero-order valence-corrected chi connectivity index (χ0v) is 11.6. The molecule has 5 heteroatoms. The SMILES string of the molecule is CSc1cc(NC(CO)Cc2ccccc2)ncn1. The van der Waals surface area contributed by atoms with Crippen LogP contribution in [-0.2, 0) is 6.42 Å². The van der Waals surface area contributed by atoms with Gasteiger partial charge < -0.3 is 10.4 Å². The lowest BCUT2D eigenvalue weighted by Gasteiger charge is -2.17. The lowest BCUT2D eigenvalue weighted by atomic mass is 10.1. The highest BCUT2D eigenvalue weighted by molar-refractivity contribution is 7.98. The lowest BCUT2D eigenvalue weighted by Crippen LogP contribution is -2.26. The van der Waals surface area contributed by atoms with Gasteiger partial charge in [-0.25, -0.2) is 9.97 Å². The standard InChI is InChI=1S/C14H17N3OS/c1-19-14-8-13(15-10-16-14)17-12(9-18)7-11-5-3-2-4-6-11/h2-6,8,10,12,18H,7,9H2,1H3,(H,15,16,17). The van der Waals surface area contributed by atoms with Crippen molar-refractivity contribution in [3.63, 3.8) is 0 Å². The minimum absolute atomic E-state index is 0.0491. The molecule has 0 aliphatic carbocycles. The molecule has 100 valence electrons. The Bertz CT molecular complexity index is 507. The molecule has 4 nitrogen and oxygen atoms in total. The number of hydrogen-bond donors (Lipinski definition) is 2. The molecule has 1 unspecified atom stereocenters. The van der Waals surface area contributed by atoms with Crippen molar-refractivity contribution in [2.45, 2.75) is 17.5 Å². The Kier molecular flexibility index (Phi) is 5.18. The molecule has 1 aromatic carbocycles. The van der Waals surface area contributed by atoms with Gasteiger partial charge in [-0.15, -0.1) is 11.8 Å². The van der Waals surface area contributed by atoms with E-state index in [1.165, 1.54) is 11.9 Å². The highest BCUT2D eigenvalue weighted by Gasteiger charge is 2.09. The van der Waals surface area contributed by atoms with E-state index in [4.69, 9.17) is 0 Å². The van der Waals surface area contributed by atoms with Crippen molar-refractivity contribution in [3.8, 4) is 0 Å². The van der Waals surface area contributed by atoms with Crippen molar-refractivity contribution in [1.82, 2.24) is 9.97 Å². The van der Waals surface area contributed by atoms with E-state index in [1.54, 1.807) is 11.8 Å². The van der Waals surface area contributed by atoms with E-state index in [0.29, 0.717) is 0 Å². The first-order valence-corrected chi connectivity index (χ1v) is 7.31. The molecular formula is C14H17N3OS. The Hall–Kier alpha value is -1.59. The molecule has 0 bridgehead atoms. The molecule has 2 aromatic rings. The van der Waals surface area contributed by atoms with Crippen LogP contribution in [0.1, 0.15) is 5.56 Å². The van der Waals surface area contributed by atoms with E-state index in [0.717, 1.165) is 17.3 Å². The van der Waals surface area contributed by atoms with Crippen LogP contribution in [0.2, 0.25) is 0 Å². The van der Waals surface area contributed by atoms with Crippen LogP contribution in [0.3, 0.4) is 0 Å². The normalized spacial score (nSPS) is 12.1. The first-order chi connectivity index (χ1) is 9.31. The zero-order chi connectivity index (χ0) is 13.5. The van der Waals surface area contributed by atoms with Crippen molar-refractivity contribution in [2.75, 3.05) is 18.2 Å². The van der Waals surface area contributed by atoms with Gasteiger partial charge in [0.05, 0.1) is 12.6 Å². The van der Waals surface area contributed by atoms with E-state index in [1.807, 2.05) is 30.5 Å². The summed E-state index contributed by atoms with van der Waals surface area (Å²) in [6.07, 6.45) is 4.26. The second-order valence-electron chi connectivity index (χ2n) is 4.16. The maximum Gasteiger partial charge on any atom is 0.130 e. The number of nitrogens with one attached hydrogen (secondary N) is 1. The van der Waals surface area contributed by atoms with Crippen LogP contribution in [-0.4, -0.2) is 34.0 Å². The maximum atomic E-state index is 9.46. The minimum Gasteiger partial charge on any atom is -0.394 e. The Morgan fingerprint density at radius 3 is 2.74 bits per heavy atom. The largest absolute Gasteiger partial charge is 0.394 e. The molecule has 0 saturated heterocycles. The van der Waals surface area contributed by atoms with Gasteiger partial charge in [-0.2, -0.15) is 0 Å². The predicted octanol–water partition coefficient (Wildman–Crippen LogP) is 2.21. The van der Waals surface area contributed by atoms with E-state index >= 15 is 0 Å². The third kappa shape index (κ3) is 4.22. The van der Waals surface area contributed by atoms with Crippen LogP contribution >= 0.6 is 11.8 Å². The Morgan fingerprint density at radius 1 is 1.26 bits per heavy atom. The van der Waals surface area contributed by atoms with Gasteiger partial charge in [0.15, 0.2) is 0 Å². The Labute approximate surface area is 117 Å². The van der Waals surface area contributed by atoms with E-state index < -0.39 is 0 Å². The van der Waals surface area contributed by atoms with Crippen LogP contribution in [0.5, 0.6) is 0 Å². The van der Waals surface area contributed by atoms with Crippen LogP contribution in [0, 0.1) is 0 Å². The van der Waals surface area contributed by atoms with Gasteiger partial charge in [0.1, 0.15) is 17.2 Å². The van der Waals surface area contributed by atoms with Gasteiger partial charge in [0.25, 0.3) is 0 Å². The summed E-state index contributed by atoms with van der Waals surface area (Å²) in [4.78, 5) is 8.29. The molecule has 2 rings (SSSR count). The quantitative estimate of drug-likeness (QED) is 0.625. The third-order valence-electron chi connectivity index (χ3n) is 2.75. The van der Waals surface area contributed by atoms with Crippen LogP contribution in [0.4, 0.5) is 5.82 Å². The Balaban J connectivity index is 2.02. The topological polar surface area (TPSA) is 58.0 Å². The number of aromatic nitrogens is 2. The molecule has 0 aliphatic rings. The summed E-state index contributed by atoms with van der Waals surface area (Å²) in [5.74, 6) is 0.745. The van der Waals surface area contributed by atoms with Gasteiger partial charge in [-0.3, -0.25) is 0 Å². The van der Waals surface area contributed by atoms with E-state index in [2.05, 4.69) is 27.4 Å². The average molecular weight is 275 g/mol. The molecule has 0 saturated carbocycles. The number of aliphatic hydroxyl groups excluding tert-OH is 1.